The van der Waals surface area contributed by atoms with Gasteiger partial charge in [-0.25, -0.2) is 9.78 Å². The number of aromatic nitrogens is 5. The zero-order chi connectivity index (χ0) is 15.3. The van der Waals surface area contributed by atoms with Crippen molar-refractivity contribution in [3.63, 3.8) is 0 Å². The van der Waals surface area contributed by atoms with Gasteiger partial charge in [-0.15, -0.1) is 0 Å². The molecule has 0 saturated heterocycles. The van der Waals surface area contributed by atoms with Gasteiger partial charge < -0.3 is 4.40 Å². The van der Waals surface area contributed by atoms with Crippen molar-refractivity contribution in [3.8, 4) is 0 Å². The van der Waals surface area contributed by atoms with Gasteiger partial charge >= 0.3 is 5.69 Å². The molecule has 0 aliphatic heterocycles. The zero-order valence-electron chi connectivity index (χ0n) is 12.4. The lowest BCUT2D eigenvalue weighted by atomic mass is 10.3. The van der Waals surface area contributed by atoms with Gasteiger partial charge in [-0.3, -0.25) is 14.1 Å². The number of fused-ring (bicyclic) bond motifs is 2. The first-order valence-electron chi connectivity index (χ1n) is 7.07. The summed E-state index contributed by atoms with van der Waals surface area (Å²) < 4.78 is 5.31. The lowest BCUT2D eigenvalue weighted by Gasteiger charge is -1.99. The van der Waals surface area contributed by atoms with E-state index in [2.05, 4.69) is 9.97 Å². The number of pyridine rings is 2. The van der Waals surface area contributed by atoms with Crippen molar-refractivity contribution < 1.29 is 0 Å². The summed E-state index contributed by atoms with van der Waals surface area (Å²) in [4.78, 5) is 21.2. The van der Waals surface area contributed by atoms with Gasteiger partial charge in [0.25, 0.3) is 0 Å². The van der Waals surface area contributed by atoms with Crippen LogP contribution >= 0.6 is 0 Å². The van der Waals surface area contributed by atoms with E-state index >= 15 is 0 Å². The second-order valence-electron chi connectivity index (χ2n) is 5.49. The maximum Gasteiger partial charge on any atom is 0.329 e. The SMILES string of the molecule is Cc1ccn2cc(Cn3c(=O)n(C)c4ccncc43)nc2c1. The molecule has 4 aromatic heterocycles. The van der Waals surface area contributed by atoms with Crippen molar-refractivity contribution in [1.29, 1.82) is 0 Å². The second-order valence-corrected chi connectivity index (χ2v) is 5.49. The van der Waals surface area contributed by atoms with Crippen molar-refractivity contribution in [2.75, 3.05) is 0 Å². The molecule has 0 radical (unpaired) electrons. The van der Waals surface area contributed by atoms with Crippen molar-refractivity contribution in [1.82, 2.24) is 23.5 Å². The molecule has 0 atom stereocenters. The van der Waals surface area contributed by atoms with Crippen LogP contribution in [0, 0.1) is 6.92 Å². The summed E-state index contributed by atoms with van der Waals surface area (Å²) in [5.41, 5.74) is 4.54. The van der Waals surface area contributed by atoms with Crippen LogP contribution < -0.4 is 5.69 Å². The molecule has 0 amide bonds. The van der Waals surface area contributed by atoms with Gasteiger partial charge in [0.05, 0.1) is 29.5 Å². The lowest BCUT2D eigenvalue weighted by Crippen LogP contribution is -2.22. The van der Waals surface area contributed by atoms with Crippen LogP contribution in [0.2, 0.25) is 0 Å². The van der Waals surface area contributed by atoms with E-state index < -0.39 is 0 Å². The predicted octanol–water partition coefficient (Wildman–Crippen LogP) is 1.74. The molecule has 22 heavy (non-hydrogen) atoms. The fraction of sp³-hybridized carbons (Fsp3) is 0.188. The van der Waals surface area contributed by atoms with E-state index in [0.29, 0.717) is 6.54 Å². The van der Waals surface area contributed by atoms with Gasteiger partial charge in [0, 0.05) is 25.6 Å². The van der Waals surface area contributed by atoms with Crippen molar-refractivity contribution in [3.05, 3.63) is 64.7 Å². The van der Waals surface area contributed by atoms with Crippen molar-refractivity contribution >= 4 is 16.7 Å². The Hall–Kier alpha value is -2.89. The summed E-state index contributed by atoms with van der Waals surface area (Å²) in [5.74, 6) is 0. The molecule has 4 aromatic rings. The van der Waals surface area contributed by atoms with Crippen LogP contribution in [-0.4, -0.2) is 23.5 Å². The highest BCUT2D eigenvalue weighted by molar-refractivity contribution is 5.74. The highest BCUT2D eigenvalue weighted by atomic mass is 16.1. The molecular formula is C16H15N5O. The Morgan fingerprint density at radius 2 is 2.09 bits per heavy atom. The second kappa shape index (κ2) is 4.56. The summed E-state index contributed by atoms with van der Waals surface area (Å²) in [6.45, 7) is 2.47. The first-order valence-corrected chi connectivity index (χ1v) is 7.07. The maximum atomic E-state index is 12.4. The number of hydrogen-bond acceptors (Lipinski definition) is 3. The van der Waals surface area contributed by atoms with Gasteiger partial charge in [0.2, 0.25) is 0 Å². The standard InChI is InChI=1S/C16H15N5O/c1-11-4-6-20-9-12(18-15(20)7-11)10-21-14-8-17-5-3-13(14)19(2)16(21)22/h3-9H,10H2,1-2H3. The van der Waals surface area contributed by atoms with Gasteiger partial charge in [-0.05, 0) is 30.7 Å². The van der Waals surface area contributed by atoms with Crippen LogP contribution in [0.1, 0.15) is 11.3 Å². The molecular weight excluding hydrogens is 278 g/mol. The Bertz CT molecular complexity index is 1050. The molecule has 0 N–H and O–H groups in total. The van der Waals surface area contributed by atoms with Crippen molar-refractivity contribution in [2.24, 2.45) is 7.05 Å². The summed E-state index contributed by atoms with van der Waals surface area (Å²) in [5, 5.41) is 0. The minimum atomic E-state index is -0.0590. The summed E-state index contributed by atoms with van der Waals surface area (Å²) in [6, 6.07) is 5.91. The predicted molar refractivity (Wildman–Crippen MR) is 84.0 cm³/mol. The fourth-order valence-corrected chi connectivity index (χ4v) is 2.78. The molecule has 0 unspecified atom stereocenters. The largest absolute Gasteiger partial charge is 0.329 e. The van der Waals surface area contributed by atoms with E-state index in [9.17, 15) is 4.79 Å². The van der Waals surface area contributed by atoms with E-state index in [1.165, 1.54) is 0 Å². The van der Waals surface area contributed by atoms with Crippen molar-refractivity contribution in [2.45, 2.75) is 13.5 Å². The van der Waals surface area contributed by atoms with Crippen LogP contribution in [0.15, 0.2) is 47.8 Å². The molecule has 4 rings (SSSR count). The van der Waals surface area contributed by atoms with E-state index in [4.69, 9.17) is 0 Å². The Balaban J connectivity index is 1.85. The first-order chi connectivity index (χ1) is 10.6. The molecule has 0 aliphatic rings. The Morgan fingerprint density at radius 3 is 2.95 bits per heavy atom. The van der Waals surface area contributed by atoms with E-state index in [1.54, 1.807) is 28.6 Å². The van der Waals surface area contributed by atoms with Crippen LogP contribution in [0.25, 0.3) is 16.7 Å². The Labute approximate surface area is 126 Å². The number of aryl methyl sites for hydroxylation is 2. The van der Waals surface area contributed by atoms with E-state index in [1.807, 2.05) is 41.9 Å². The van der Waals surface area contributed by atoms with Gasteiger partial charge in [0.1, 0.15) is 5.65 Å². The third kappa shape index (κ3) is 1.84. The molecule has 4 heterocycles. The monoisotopic (exact) mass is 293 g/mol. The Morgan fingerprint density at radius 1 is 1.23 bits per heavy atom. The summed E-state index contributed by atoms with van der Waals surface area (Å²) >= 11 is 0. The number of nitrogens with zero attached hydrogens (tertiary/aromatic N) is 5. The van der Waals surface area contributed by atoms with Crippen LogP contribution in [-0.2, 0) is 13.6 Å². The van der Waals surface area contributed by atoms with Gasteiger partial charge in [0.15, 0.2) is 0 Å². The zero-order valence-corrected chi connectivity index (χ0v) is 12.4. The topological polar surface area (TPSA) is 57.1 Å². The Kier molecular flexibility index (Phi) is 2.66. The lowest BCUT2D eigenvalue weighted by molar-refractivity contribution is 0.725. The van der Waals surface area contributed by atoms with E-state index in [0.717, 1.165) is 27.9 Å². The number of rotatable bonds is 2. The molecule has 6 heteroatoms. The molecule has 0 aromatic carbocycles. The van der Waals surface area contributed by atoms with E-state index in [-0.39, 0.29) is 5.69 Å². The first kappa shape index (κ1) is 12.8. The molecule has 0 bridgehead atoms. The summed E-state index contributed by atoms with van der Waals surface area (Å²) in [6.07, 6.45) is 7.35. The summed E-state index contributed by atoms with van der Waals surface area (Å²) in [7, 11) is 1.77. The average molecular weight is 293 g/mol. The molecule has 0 spiro atoms. The smallest absolute Gasteiger partial charge is 0.307 e. The molecule has 0 saturated carbocycles. The third-order valence-corrected chi connectivity index (χ3v) is 3.93. The normalized spacial score (nSPS) is 11.5. The molecule has 6 nitrogen and oxygen atoms in total. The minimum absolute atomic E-state index is 0.0590. The highest BCUT2D eigenvalue weighted by Crippen LogP contribution is 2.13. The fourth-order valence-electron chi connectivity index (χ4n) is 2.78. The number of imidazole rings is 2. The minimum Gasteiger partial charge on any atom is -0.307 e. The van der Waals surface area contributed by atoms with Crippen LogP contribution in [0.4, 0.5) is 0 Å². The van der Waals surface area contributed by atoms with Gasteiger partial charge in [-0.1, -0.05) is 0 Å². The number of hydrogen-bond donors (Lipinski definition) is 0. The average Bonchev–Trinajstić information content (AvgIpc) is 3.02. The van der Waals surface area contributed by atoms with Crippen LogP contribution in [0.5, 0.6) is 0 Å². The van der Waals surface area contributed by atoms with Crippen LogP contribution in [0.3, 0.4) is 0 Å². The quantitative estimate of drug-likeness (QED) is 0.565. The maximum absolute atomic E-state index is 12.4. The molecule has 0 fully saturated rings. The molecule has 110 valence electrons. The highest BCUT2D eigenvalue weighted by Gasteiger charge is 2.12. The molecule has 0 aliphatic carbocycles. The van der Waals surface area contributed by atoms with Gasteiger partial charge in [-0.2, -0.15) is 0 Å². The third-order valence-electron chi connectivity index (χ3n) is 3.93.